The number of benzene rings is 1. The van der Waals surface area contributed by atoms with E-state index in [4.69, 9.17) is 21.5 Å². The maximum absolute atomic E-state index is 12.2. The molecule has 2 rings (SSSR count). The summed E-state index contributed by atoms with van der Waals surface area (Å²) in [6, 6.07) is 8.03. The van der Waals surface area contributed by atoms with Crippen molar-refractivity contribution in [3.05, 3.63) is 54.8 Å². The van der Waals surface area contributed by atoms with E-state index in [9.17, 15) is 9.59 Å². The number of aliphatic hydroxyl groups is 1. The lowest BCUT2D eigenvalue weighted by Crippen LogP contribution is -2.29. The molecule has 7 nitrogen and oxygen atoms in total. The summed E-state index contributed by atoms with van der Waals surface area (Å²) >= 11 is 8.33. The highest BCUT2D eigenvalue weighted by molar-refractivity contribution is 14.1. The number of carbonyl (C=O) groups is 1. The minimum absolute atomic E-state index is 0.0385. The molecular weight excluding hydrogens is 449 g/mol. The van der Waals surface area contributed by atoms with Crippen LogP contribution in [-0.2, 0) is 11.9 Å². The number of pyridine rings is 1. The zero-order valence-corrected chi connectivity index (χ0v) is 15.6. The van der Waals surface area contributed by atoms with E-state index >= 15 is 0 Å². The fourth-order valence-corrected chi connectivity index (χ4v) is 2.81. The lowest BCUT2D eigenvalue weighted by Gasteiger charge is -2.16. The molecule has 0 saturated carbocycles. The van der Waals surface area contributed by atoms with Gasteiger partial charge in [0.2, 0.25) is 0 Å². The van der Waals surface area contributed by atoms with Crippen LogP contribution in [0.5, 0.6) is 0 Å². The topological polar surface area (TPSA) is 92.6 Å². The van der Waals surface area contributed by atoms with Gasteiger partial charge in [-0.25, -0.2) is 5.48 Å². The summed E-state index contributed by atoms with van der Waals surface area (Å²) in [7, 11) is 1.54. The molecule has 1 aromatic carbocycles. The van der Waals surface area contributed by atoms with Gasteiger partial charge in [-0.2, -0.15) is 0 Å². The van der Waals surface area contributed by atoms with Gasteiger partial charge in [0.15, 0.2) is 0 Å². The number of hydrogen-bond donors (Lipinski definition) is 3. The van der Waals surface area contributed by atoms with Gasteiger partial charge in [-0.05, 0) is 46.9 Å². The Labute approximate surface area is 156 Å². The van der Waals surface area contributed by atoms with E-state index in [1.807, 2.05) is 6.07 Å². The smallest absolute Gasteiger partial charge is 0.278 e. The van der Waals surface area contributed by atoms with Crippen molar-refractivity contribution in [3.63, 3.8) is 0 Å². The second kappa shape index (κ2) is 8.47. The maximum atomic E-state index is 12.2. The van der Waals surface area contributed by atoms with Crippen molar-refractivity contribution >= 4 is 51.6 Å². The molecule has 0 aliphatic rings. The van der Waals surface area contributed by atoms with Gasteiger partial charge in [0, 0.05) is 16.7 Å². The second-order valence-electron chi connectivity index (χ2n) is 4.75. The normalized spacial score (nSPS) is 10.5. The summed E-state index contributed by atoms with van der Waals surface area (Å²) in [5, 5.41) is 12.2. The van der Waals surface area contributed by atoms with Crippen LogP contribution in [0.25, 0.3) is 0 Å². The van der Waals surface area contributed by atoms with E-state index in [0.29, 0.717) is 10.7 Å². The fraction of sp³-hybridized carbons (Fsp3) is 0.200. The van der Waals surface area contributed by atoms with Gasteiger partial charge >= 0.3 is 0 Å². The molecule has 0 atom stereocenters. The molecule has 2 aromatic rings. The number of hydrogen-bond acceptors (Lipinski definition) is 5. The summed E-state index contributed by atoms with van der Waals surface area (Å²) in [5.41, 5.74) is 2.68. The number of carbonyl (C=O) groups excluding carboxylic acids is 1. The SMILES string of the molecule is Cn1c(Nc2ccc(I)cc2Cl)c(C(=O)NOCCO)ccc1=O. The number of anilines is 2. The number of aromatic nitrogens is 1. The van der Waals surface area contributed by atoms with Gasteiger partial charge < -0.3 is 10.4 Å². The van der Waals surface area contributed by atoms with Gasteiger partial charge in [-0.3, -0.25) is 19.0 Å². The predicted octanol–water partition coefficient (Wildman–Crippen LogP) is 2.04. The maximum Gasteiger partial charge on any atom is 0.278 e. The Hall–Kier alpha value is -1.62. The van der Waals surface area contributed by atoms with Gasteiger partial charge in [-0.15, -0.1) is 0 Å². The molecule has 0 spiro atoms. The lowest BCUT2D eigenvalue weighted by molar-refractivity contribution is 0.0168. The molecule has 1 heterocycles. The molecule has 0 aliphatic carbocycles. The van der Waals surface area contributed by atoms with Crippen molar-refractivity contribution in [2.24, 2.45) is 7.05 Å². The Morgan fingerprint density at radius 3 is 2.79 bits per heavy atom. The molecule has 0 saturated heterocycles. The van der Waals surface area contributed by atoms with Crippen LogP contribution in [0.2, 0.25) is 5.02 Å². The number of nitrogens with one attached hydrogen (secondary N) is 2. The Bertz CT molecular complexity index is 810. The van der Waals surface area contributed by atoms with Gasteiger partial charge in [0.1, 0.15) is 5.82 Å². The molecule has 0 radical (unpaired) electrons. The predicted molar refractivity (Wildman–Crippen MR) is 99.6 cm³/mol. The average Bonchev–Trinajstić information content (AvgIpc) is 2.54. The number of nitrogens with zero attached hydrogens (tertiary/aromatic N) is 1. The Kier molecular flexibility index (Phi) is 6.60. The number of aliphatic hydroxyl groups excluding tert-OH is 1. The van der Waals surface area contributed by atoms with Crippen LogP contribution in [0.1, 0.15) is 10.4 Å². The Morgan fingerprint density at radius 2 is 2.12 bits per heavy atom. The van der Waals surface area contributed by atoms with Crippen molar-refractivity contribution < 1.29 is 14.7 Å². The van der Waals surface area contributed by atoms with E-state index in [1.165, 1.54) is 23.7 Å². The molecule has 1 amide bonds. The first kappa shape index (κ1) is 18.7. The summed E-state index contributed by atoms with van der Waals surface area (Å²) in [6.45, 7) is -0.264. The second-order valence-corrected chi connectivity index (χ2v) is 6.40. The third-order valence-electron chi connectivity index (χ3n) is 3.10. The van der Waals surface area contributed by atoms with E-state index in [1.54, 1.807) is 12.1 Å². The molecule has 3 N–H and O–H groups in total. The quantitative estimate of drug-likeness (QED) is 0.346. The molecule has 9 heteroatoms. The van der Waals surface area contributed by atoms with E-state index in [-0.39, 0.29) is 30.2 Å². The third kappa shape index (κ3) is 4.47. The molecule has 0 unspecified atom stereocenters. The van der Waals surface area contributed by atoms with Crippen molar-refractivity contribution in [3.8, 4) is 0 Å². The van der Waals surface area contributed by atoms with Crippen LogP contribution in [0.4, 0.5) is 11.5 Å². The molecule has 0 bridgehead atoms. The minimum atomic E-state index is -0.553. The number of hydroxylamine groups is 1. The summed E-state index contributed by atoms with van der Waals surface area (Å²) in [4.78, 5) is 28.9. The highest BCUT2D eigenvalue weighted by Gasteiger charge is 2.16. The Morgan fingerprint density at radius 1 is 1.38 bits per heavy atom. The number of rotatable bonds is 6. The van der Waals surface area contributed by atoms with E-state index in [2.05, 4.69) is 33.4 Å². The number of amides is 1. The van der Waals surface area contributed by atoms with Gasteiger partial charge in [0.05, 0.1) is 29.5 Å². The van der Waals surface area contributed by atoms with Gasteiger partial charge in [-0.1, -0.05) is 11.6 Å². The largest absolute Gasteiger partial charge is 0.394 e. The van der Waals surface area contributed by atoms with Crippen LogP contribution >= 0.6 is 34.2 Å². The molecule has 128 valence electrons. The summed E-state index contributed by atoms with van der Waals surface area (Å²) in [5.74, 6) is -0.279. The first-order valence-corrected chi connectivity index (χ1v) is 8.35. The molecule has 1 aromatic heterocycles. The Balaban J connectivity index is 2.38. The van der Waals surface area contributed by atoms with Crippen molar-refractivity contribution in [2.75, 3.05) is 18.5 Å². The van der Waals surface area contributed by atoms with Crippen LogP contribution in [0.3, 0.4) is 0 Å². The monoisotopic (exact) mass is 463 g/mol. The average molecular weight is 464 g/mol. The van der Waals surface area contributed by atoms with Crippen molar-refractivity contribution in [1.82, 2.24) is 10.0 Å². The highest BCUT2D eigenvalue weighted by Crippen LogP contribution is 2.28. The highest BCUT2D eigenvalue weighted by atomic mass is 127. The third-order valence-corrected chi connectivity index (χ3v) is 4.08. The first-order valence-electron chi connectivity index (χ1n) is 6.89. The van der Waals surface area contributed by atoms with Crippen LogP contribution in [-0.4, -0.2) is 28.8 Å². The zero-order valence-electron chi connectivity index (χ0n) is 12.7. The standard InChI is InChI=1S/C15H15ClIN3O4/c1-20-13(22)5-3-10(15(23)19-24-7-6-21)14(20)18-12-4-2-9(17)8-11(12)16/h2-5,8,18,21H,6-7H2,1H3,(H,19,23). The van der Waals surface area contributed by atoms with Crippen molar-refractivity contribution in [1.29, 1.82) is 0 Å². The van der Waals surface area contributed by atoms with Crippen LogP contribution in [0, 0.1) is 3.57 Å². The lowest BCUT2D eigenvalue weighted by atomic mass is 10.2. The minimum Gasteiger partial charge on any atom is -0.394 e. The van der Waals surface area contributed by atoms with Gasteiger partial charge in [0.25, 0.3) is 11.5 Å². The summed E-state index contributed by atoms with van der Waals surface area (Å²) in [6.07, 6.45) is 0. The first-order chi connectivity index (χ1) is 11.4. The molecular formula is C15H15ClIN3O4. The zero-order chi connectivity index (χ0) is 17.7. The van der Waals surface area contributed by atoms with E-state index in [0.717, 1.165) is 3.57 Å². The van der Waals surface area contributed by atoms with Crippen molar-refractivity contribution in [2.45, 2.75) is 0 Å². The molecule has 24 heavy (non-hydrogen) atoms. The van der Waals surface area contributed by atoms with Crippen LogP contribution < -0.4 is 16.4 Å². The molecule has 0 aliphatic heterocycles. The number of halogens is 2. The summed E-state index contributed by atoms with van der Waals surface area (Å²) < 4.78 is 2.26. The van der Waals surface area contributed by atoms with Crippen LogP contribution in [0.15, 0.2) is 35.1 Å². The fourth-order valence-electron chi connectivity index (χ4n) is 1.91. The van der Waals surface area contributed by atoms with E-state index < -0.39 is 5.91 Å². The molecule has 0 fully saturated rings.